The number of halogens is 5. The van der Waals surface area contributed by atoms with Crippen molar-refractivity contribution in [1.29, 1.82) is 0 Å². The molecule has 13 heteroatoms. The second-order valence-electron chi connectivity index (χ2n) is 7.84. The zero-order chi connectivity index (χ0) is 28.7. The van der Waals surface area contributed by atoms with Crippen LogP contribution in [-0.4, -0.2) is 39.3 Å². The summed E-state index contributed by atoms with van der Waals surface area (Å²) >= 11 is 6.03. The lowest BCUT2D eigenvalue weighted by atomic mass is 10.1. The van der Waals surface area contributed by atoms with Crippen LogP contribution in [0.3, 0.4) is 0 Å². The minimum absolute atomic E-state index is 0.0356. The number of rotatable bonds is 7. The van der Waals surface area contributed by atoms with Crippen molar-refractivity contribution in [3.8, 4) is 11.5 Å². The van der Waals surface area contributed by atoms with E-state index < -0.39 is 44.9 Å². The van der Waals surface area contributed by atoms with Gasteiger partial charge in [-0.25, -0.2) is 17.2 Å². The standard InChI is InChI=1S/C23H16ClF4NO4S.C3H6O2/c24-17-2-1-3-18(25)16(17)7-4-14-5-9-21-20(12-14)29(10-11-32-21)34(30,31)15-6-8-19(26)22(13-15)33-23(27)28;1-2-3(4)5/h1-9,12-13,23H,10-11H2;2H2,1H3,(H,4,5)/b7-4+;. The van der Waals surface area contributed by atoms with Crippen LogP contribution in [0.4, 0.5) is 23.2 Å². The average Bonchev–Trinajstić information content (AvgIpc) is 2.89. The van der Waals surface area contributed by atoms with Crippen molar-refractivity contribution in [2.24, 2.45) is 0 Å². The minimum atomic E-state index is -4.29. The summed E-state index contributed by atoms with van der Waals surface area (Å²) in [5, 5.41) is 7.93. The quantitative estimate of drug-likeness (QED) is 0.252. The Morgan fingerprint density at radius 1 is 1.13 bits per heavy atom. The van der Waals surface area contributed by atoms with Crippen molar-refractivity contribution in [3.05, 3.63) is 82.4 Å². The van der Waals surface area contributed by atoms with Gasteiger partial charge in [-0.05, 0) is 48.0 Å². The molecule has 208 valence electrons. The molecule has 0 saturated heterocycles. The number of carboxylic acid groups (broad SMARTS) is 1. The molecule has 0 atom stereocenters. The molecule has 0 aliphatic carbocycles. The van der Waals surface area contributed by atoms with Gasteiger partial charge in [0.15, 0.2) is 11.6 Å². The first kappa shape index (κ1) is 29.8. The number of fused-ring (bicyclic) bond motifs is 1. The van der Waals surface area contributed by atoms with E-state index in [1.54, 1.807) is 25.1 Å². The van der Waals surface area contributed by atoms with Gasteiger partial charge in [0, 0.05) is 18.1 Å². The van der Waals surface area contributed by atoms with Crippen LogP contribution in [0.5, 0.6) is 11.5 Å². The summed E-state index contributed by atoms with van der Waals surface area (Å²) in [4.78, 5) is 8.93. The van der Waals surface area contributed by atoms with Crippen LogP contribution in [0.25, 0.3) is 12.2 Å². The van der Waals surface area contributed by atoms with Gasteiger partial charge in [-0.15, -0.1) is 0 Å². The molecule has 1 N–H and O–H groups in total. The zero-order valence-electron chi connectivity index (χ0n) is 20.3. The molecule has 0 unspecified atom stereocenters. The molecule has 1 aliphatic heterocycles. The predicted molar refractivity (Wildman–Crippen MR) is 138 cm³/mol. The first-order chi connectivity index (χ1) is 18.4. The number of aliphatic carboxylic acids is 1. The lowest BCUT2D eigenvalue weighted by Crippen LogP contribution is -2.38. The van der Waals surface area contributed by atoms with Crippen LogP contribution in [0, 0.1) is 11.6 Å². The maximum atomic E-state index is 14.0. The number of carbonyl (C=O) groups is 1. The molecule has 4 rings (SSSR count). The maximum Gasteiger partial charge on any atom is 0.387 e. The van der Waals surface area contributed by atoms with E-state index in [0.29, 0.717) is 11.6 Å². The van der Waals surface area contributed by atoms with E-state index in [2.05, 4.69) is 4.74 Å². The SMILES string of the molecule is CCC(=O)O.O=S(=O)(c1ccc(F)c(OC(F)F)c1)N1CCOc2ccc(/C=C/c3c(F)cccc3Cl)cc21. The van der Waals surface area contributed by atoms with Gasteiger partial charge in [-0.2, -0.15) is 8.78 Å². The minimum Gasteiger partial charge on any atom is -0.489 e. The highest BCUT2D eigenvalue weighted by molar-refractivity contribution is 7.92. The second kappa shape index (κ2) is 12.9. The molecule has 0 amide bonds. The zero-order valence-corrected chi connectivity index (χ0v) is 21.9. The smallest absolute Gasteiger partial charge is 0.387 e. The fraction of sp³-hybridized carbons (Fsp3) is 0.192. The van der Waals surface area contributed by atoms with E-state index in [1.807, 2.05) is 0 Å². The van der Waals surface area contributed by atoms with E-state index in [4.69, 9.17) is 21.4 Å². The number of benzene rings is 3. The van der Waals surface area contributed by atoms with E-state index in [1.165, 1.54) is 30.3 Å². The highest BCUT2D eigenvalue weighted by Gasteiger charge is 2.31. The van der Waals surface area contributed by atoms with Crippen LogP contribution in [0.15, 0.2) is 59.5 Å². The van der Waals surface area contributed by atoms with Crippen LogP contribution in [0.1, 0.15) is 24.5 Å². The maximum absolute atomic E-state index is 14.0. The van der Waals surface area contributed by atoms with Crippen LogP contribution >= 0.6 is 11.6 Å². The molecule has 0 saturated carbocycles. The normalized spacial score (nSPS) is 12.9. The van der Waals surface area contributed by atoms with Crippen LogP contribution in [-0.2, 0) is 14.8 Å². The van der Waals surface area contributed by atoms with Crippen molar-refractivity contribution in [1.82, 2.24) is 0 Å². The monoisotopic (exact) mass is 587 g/mol. The average molecular weight is 588 g/mol. The van der Waals surface area contributed by atoms with Crippen molar-refractivity contribution in [2.45, 2.75) is 24.9 Å². The largest absolute Gasteiger partial charge is 0.489 e. The molecule has 3 aromatic rings. The topological polar surface area (TPSA) is 93.1 Å². The first-order valence-electron chi connectivity index (χ1n) is 11.3. The van der Waals surface area contributed by atoms with Gasteiger partial charge in [-0.1, -0.05) is 36.7 Å². The summed E-state index contributed by atoms with van der Waals surface area (Å²) in [5.74, 6) is -3.01. The van der Waals surface area contributed by atoms with Gasteiger partial charge < -0.3 is 14.6 Å². The number of sulfonamides is 1. The van der Waals surface area contributed by atoms with Gasteiger partial charge in [0.05, 0.1) is 22.2 Å². The Morgan fingerprint density at radius 3 is 2.49 bits per heavy atom. The molecule has 7 nitrogen and oxygen atoms in total. The third-order valence-electron chi connectivity index (χ3n) is 5.25. The molecular formula is C26H22ClF4NO6S. The Hall–Kier alpha value is -3.77. The third kappa shape index (κ3) is 7.42. The predicted octanol–water partition coefficient (Wildman–Crippen LogP) is 6.46. The molecule has 1 heterocycles. The highest BCUT2D eigenvalue weighted by atomic mass is 35.5. The van der Waals surface area contributed by atoms with Crippen molar-refractivity contribution in [2.75, 3.05) is 17.5 Å². The Labute approximate surface area is 226 Å². The van der Waals surface area contributed by atoms with Crippen LogP contribution in [0.2, 0.25) is 5.02 Å². The number of ether oxygens (including phenoxy) is 2. The molecule has 0 bridgehead atoms. The second-order valence-corrected chi connectivity index (χ2v) is 10.1. The Morgan fingerprint density at radius 2 is 1.85 bits per heavy atom. The number of nitrogens with zero attached hydrogens (tertiary/aromatic N) is 1. The van der Waals surface area contributed by atoms with Crippen molar-refractivity contribution in [3.63, 3.8) is 0 Å². The molecular weight excluding hydrogens is 566 g/mol. The molecule has 1 aliphatic rings. The summed E-state index contributed by atoms with van der Waals surface area (Å²) in [6.07, 6.45) is 3.23. The summed E-state index contributed by atoms with van der Waals surface area (Å²) in [7, 11) is -4.29. The number of hydrogen-bond donors (Lipinski definition) is 1. The molecule has 39 heavy (non-hydrogen) atoms. The molecule has 0 spiro atoms. The van der Waals surface area contributed by atoms with Gasteiger partial charge in [0.1, 0.15) is 18.2 Å². The van der Waals surface area contributed by atoms with Crippen molar-refractivity contribution >= 4 is 45.4 Å². The number of hydrogen-bond acceptors (Lipinski definition) is 5. The summed E-state index contributed by atoms with van der Waals surface area (Å²) in [6.45, 7) is -1.77. The van der Waals surface area contributed by atoms with E-state index in [9.17, 15) is 30.8 Å². The molecule has 0 radical (unpaired) electrons. The molecule has 0 aromatic heterocycles. The number of anilines is 1. The van der Waals surface area contributed by atoms with E-state index in [-0.39, 0.29) is 41.6 Å². The fourth-order valence-electron chi connectivity index (χ4n) is 3.37. The Bertz CT molecular complexity index is 1460. The first-order valence-corrected chi connectivity index (χ1v) is 13.1. The lowest BCUT2D eigenvalue weighted by Gasteiger charge is -2.30. The van der Waals surface area contributed by atoms with E-state index in [0.717, 1.165) is 16.4 Å². The summed E-state index contributed by atoms with van der Waals surface area (Å²) in [5.41, 5.74) is 0.860. The number of carboxylic acids is 1. The molecule has 3 aromatic carbocycles. The fourth-order valence-corrected chi connectivity index (χ4v) is 5.06. The van der Waals surface area contributed by atoms with Gasteiger partial charge in [-0.3, -0.25) is 9.10 Å². The van der Waals surface area contributed by atoms with Gasteiger partial charge in [0.25, 0.3) is 10.0 Å². The molecule has 0 fully saturated rings. The van der Waals surface area contributed by atoms with Crippen LogP contribution < -0.4 is 13.8 Å². The Balaban J connectivity index is 0.000000771. The van der Waals surface area contributed by atoms with Gasteiger partial charge in [0.2, 0.25) is 0 Å². The van der Waals surface area contributed by atoms with Gasteiger partial charge >= 0.3 is 12.6 Å². The number of alkyl halides is 2. The lowest BCUT2D eigenvalue weighted by molar-refractivity contribution is -0.136. The third-order valence-corrected chi connectivity index (χ3v) is 7.39. The summed E-state index contributed by atoms with van der Waals surface area (Å²) < 4.78 is 90.2. The Kier molecular flexibility index (Phi) is 9.81. The summed E-state index contributed by atoms with van der Waals surface area (Å²) in [6, 6.07) is 11.4. The highest BCUT2D eigenvalue weighted by Crippen LogP contribution is 2.37. The van der Waals surface area contributed by atoms with Crippen molar-refractivity contribution < 1.29 is 45.4 Å². The van der Waals surface area contributed by atoms with E-state index >= 15 is 0 Å².